The van der Waals surface area contributed by atoms with Gasteiger partial charge in [-0.2, -0.15) is 0 Å². The molecule has 0 aliphatic rings. The summed E-state index contributed by atoms with van der Waals surface area (Å²) >= 11 is 6.27. The predicted octanol–water partition coefficient (Wildman–Crippen LogP) is 2.86. The summed E-state index contributed by atoms with van der Waals surface area (Å²) in [6.07, 6.45) is 0. The van der Waals surface area contributed by atoms with Gasteiger partial charge in [0, 0.05) is 18.5 Å². The molecule has 0 spiro atoms. The molecule has 0 aromatic heterocycles. The molecule has 0 aliphatic heterocycles. The molecule has 0 heterocycles. The molecule has 0 saturated carbocycles. The molecule has 78 valence electrons. The van der Waals surface area contributed by atoms with E-state index in [0.29, 0.717) is 6.54 Å². The van der Waals surface area contributed by atoms with Gasteiger partial charge in [-0.1, -0.05) is 41.9 Å². The van der Waals surface area contributed by atoms with Gasteiger partial charge in [-0.05, 0) is 11.5 Å². The summed E-state index contributed by atoms with van der Waals surface area (Å²) in [6, 6.07) is 12.1. The third-order valence-electron chi connectivity index (χ3n) is 2.32. The van der Waals surface area contributed by atoms with Crippen molar-refractivity contribution in [3.8, 4) is 0 Å². The Kier molecular flexibility index (Phi) is 3.09. The molecule has 0 bridgehead atoms. The van der Waals surface area contributed by atoms with Gasteiger partial charge in [-0.3, -0.25) is 0 Å². The van der Waals surface area contributed by atoms with Gasteiger partial charge in [0.2, 0.25) is 0 Å². The molecule has 15 heavy (non-hydrogen) atoms. The third-order valence-corrected chi connectivity index (χ3v) is 2.73. The number of hydrogen-bond donors (Lipinski definition) is 2. The first kappa shape index (κ1) is 10.3. The standard InChI is InChI=1S/C12H13ClN2/c13-12-10-4-2-1-3-9(10)5-6-11(12)15-8-7-14/h1-6,15H,7-8,14H2. The van der Waals surface area contributed by atoms with Crippen LogP contribution in [0.1, 0.15) is 0 Å². The van der Waals surface area contributed by atoms with E-state index in [1.165, 1.54) is 0 Å². The molecular weight excluding hydrogens is 208 g/mol. The van der Waals surface area contributed by atoms with Crippen LogP contribution in [0.2, 0.25) is 5.02 Å². The lowest BCUT2D eigenvalue weighted by molar-refractivity contribution is 1.02. The van der Waals surface area contributed by atoms with E-state index in [0.717, 1.165) is 28.0 Å². The molecule has 0 fully saturated rings. The van der Waals surface area contributed by atoms with Gasteiger partial charge in [0.05, 0.1) is 10.7 Å². The van der Waals surface area contributed by atoms with Crippen molar-refractivity contribution in [2.45, 2.75) is 0 Å². The Bertz CT molecular complexity index is 468. The molecule has 2 aromatic carbocycles. The van der Waals surface area contributed by atoms with E-state index in [1.54, 1.807) is 0 Å². The molecule has 3 N–H and O–H groups in total. The first-order valence-corrected chi connectivity index (χ1v) is 5.32. The zero-order valence-corrected chi connectivity index (χ0v) is 9.09. The number of hydrogen-bond acceptors (Lipinski definition) is 2. The first-order valence-electron chi connectivity index (χ1n) is 4.94. The van der Waals surface area contributed by atoms with E-state index in [2.05, 4.69) is 11.4 Å². The molecule has 2 rings (SSSR count). The maximum absolute atomic E-state index is 6.27. The SMILES string of the molecule is NCCNc1ccc2ccccc2c1Cl. The van der Waals surface area contributed by atoms with Crippen molar-refractivity contribution in [2.24, 2.45) is 5.73 Å². The number of benzene rings is 2. The summed E-state index contributed by atoms with van der Waals surface area (Å²) in [7, 11) is 0. The minimum atomic E-state index is 0.600. The maximum Gasteiger partial charge on any atom is 0.0715 e. The highest BCUT2D eigenvalue weighted by molar-refractivity contribution is 6.38. The first-order chi connectivity index (χ1) is 7.33. The van der Waals surface area contributed by atoms with Gasteiger partial charge in [-0.15, -0.1) is 0 Å². The number of anilines is 1. The van der Waals surface area contributed by atoms with Crippen LogP contribution in [0.5, 0.6) is 0 Å². The monoisotopic (exact) mass is 220 g/mol. The van der Waals surface area contributed by atoms with Gasteiger partial charge in [0.15, 0.2) is 0 Å². The van der Waals surface area contributed by atoms with E-state index in [-0.39, 0.29) is 0 Å². The van der Waals surface area contributed by atoms with Crippen LogP contribution in [0.4, 0.5) is 5.69 Å². The van der Waals surface area contributed by atoms with Crippen LogP contribution in [-0.4, -0.2) is 13.1 Å². The lowest BCUT2D eigenvalue weighted by Gasteiger charge is -2.09. The lowest BCUT2D eigenvalue weighted by atomic mass is 10.1. The molecule has 0 atom stereocenters. The minimum absolute atomic E-state index is 0.600. The van der Waals surface area contributed by atoms with Crippen LogP contribution in [0.15, 0.2) is 36.4 Å². The van der Waals surface area contributed by atoms with Gasteiger partial charge in [0.1, 0.15) is 0 Å². The second-order valence-corrected chi connectivity index (χ2v) is 3.74. The van der Waals surface area contributed by atoms with Crippen molar-refractivity contribution in [1.82, 2.24) is 0 Å². The highest BCUT2D eigenvalue weighted by Gasteiger charge is 2.03. The van der Waals surface area contributed by atoms with Gasteiger partial charge >= 0.3 is 0 Å². The highest BCUT2D eigenvalue weighted by atomic mass is 35.5. The van der Waals surface area contributed by atoms with Crippen molar-refractivity contribution < 1.29 is 0 Å². The van der Waals surface area contributed by atoms with Crippen molar-refractivity contribution in [3.05, 3.63) is 41.4 Å². The largest absolute Gasteiger partial charge is 0.383 e. The summed E-state index contributed by atoms with van der Waals surface area (Å²) in [6.45, 7) is 1.33. The Morgan fingerprint density at radius 1 is 1.13 bits per heavy atom. The predicted molar refractivity (Wildman–Crippen MR) is 66.5 cm³/mol. The molecule has 0 saturated heterocycles. The van der Waals surface area contributed by atoms with Crippen LogP contribution in [-0.2, 0) is 0 Å². The quantitative estimate of drug-likeness (QED) is 0.835. The molecule has 3 heteroatoms. The highest BCUT2D eigenvalue weighted by Crippen LogP contribution is 2.30. The van der Waals surface area contributed by atoms with Crippen LogP contribution in [0, 0.1) is 0 Å². The summed E-state index contributed by atoms with van der Waals surface area (Å²) in [5, 5.41) is 6.19. The number of rotatable bonds is 3. The fraction of sp³-hybridized carbons (Fsp3) is 0.167. The fourth-order valence-electron chi connectivity index (χ4n) is 1.58. The zero-order valence-electron chi connectivity index (χ0n) is 8.33. The number of nitrogens with one attached hydrogen (secondary N) is 1. The van der Waals surface area contributed by atoms with E-state index in [9.17, 15) is 0 Å². The second kappa shape index (κ2) is 4.51. The lowest BCUT2D eigenvalue weighted by Crippen LogP contribution is -2.13. The topological polar surface area (TPSA) is 38.0 Å². The Hall–Kier alpha value is -1.25. The van der Waals surface area contributed by atoms with E-state index in [1.807, 2.05) is 30.3 Å². The van der Waals surface area contributed by atoms with Gasteiger partial charge < -0.3 is 11.1 Å². The third kappa shape index (κ3) is 2.06. The number of fused-ring (bicyclic) bond motifs is 1. The Morgan fingerprint density at radius 2 is 1.93 bits per heavy atom. The summed E-state index contributed by atoms with van der Waals surface area (Å²) in [5.74, 6) is 0. The summed E-state index contributed by atoms with van der Waals surface area (Å²) in [4.78, 5) is 0. The van der Waals surface area contributed by atoms with Crippen LogP contribution < -0.4 is 11.1 Å². The average molecular weight is 221 g/mol. The number of halogens is 1. The molecule has 2 nitrogen and oxygen atoms in total. The normalized spacial score (nSPS) is 10.5. The number of nitrogens with two attached hydrogens (primary N) is 1. The summed E-state index contributed by atoms with van der Waals surface area (Å²) < 4.78 is 0. The van der Waals surface area contributed by atoms with Crippen LogP contribution >= 0.6 is 11.6 Å². The zero-order chi connectivity index (χ0) is 10.7. The molecule has 2 aromatic rings. The summed E-state index contributed by atoms with van der Waals surface area (Å²) in [5.41, 5.74) is 6.38. The van der Waals surface area contributed by atoms with Crippen LogP contribution in [0.3, 0.4) is 0 Å². The smallest absolute Gasteiger partial charge is 0.0715 e. The minimum Gasteiger partial charge on any atom is -0.383 e. The molecule has 0 aliphatic carbocycles. The average Bonchev–Trinajstić information content (AvgIpc) is 2.29. The van der Waals surface area contributed by atoms with E-state index in [4.69, 9.17) is 17.3 Å². The fourth-order valence-corrected chi connectivity index (χ4v) is 1.88. The Labute approximate surface area is 94.0 Å². The molecule has 0 radical (unpaired) electrons. The van der Waals surface area contributed by atoms with E-state index < -0.39 is 0 Å². The Morgan fingerprint density at radius 3 is 2.73 bits per heavy atom. The van der Waals surface area contributed by atoms with Crippen molar-refractivity contribution in [2.75, 3.05) is 18.4 Å². The second-order valence-electron chi connectivity index (χ2n) is 3.36. The molecule has 0 unspecified atom stereocenters. The van der Waals surface area contributed by atoms with Crippen molar-refractivity contribution in [1.29, 1.82) is 0 Å². The molecule has 0 amide bonds. The van der Waals surface area contributed by atoms with Crippen molar-refractivity contribution in [3.63, 3.8) is 0 Å². The van der Waals surface area contributed by atoms with E-state index >= 15 is 0 Å². The van der Waals surface area contributed by atoms with Gasteiger partial charge in [-0.25, -0.2) is 0 Å². The van der Waals surface area contributed by atoms with Crippen molar-refractivity contribution >= 4 is 28.1 Å². The maximum atomic E-state index is 6.27. The molecular formula is C12H13ClN2. The Balaban J connectivity index is 2.45. The van der Waals surface area contributed by atoms with Gasteiger partial charge in [0.25, 0.3) is 0 Å². The van der Waals surface area contributed by atoms with Crippen LogP contribution in [0.25, 0.3) is 10.8 Å².